The van der Waals surface area contributed by atoms with Crippen molar-refractivity contribution < 1.29 is 9.90 Å². The Morgan fingerprint density at radius 2 is 2.04 bits per heavy atom. The van der Waals surface area contributed by atoms with E-state index in [0.29, 0.717) is 30.1 Å². The second kappa shape index (κ2) is 6.46. The molecular formula is C21H21IN2O2. The Morgan fingerprint density at radius 3 is 2.77 bits per heavy atom. The summed E-state index contributed by atoms with van der Waals surface area (Å²) in [4.78, 5) is 19.7. The number of fused-ring (bicyclic) bond motifs is 2. The summed E-state index contributed by atoms with van der Waals surface area (Å²) in [5, 5.41) is 11.2. The number of nitrogens with zero attached hydrogens (tertiary/aromatic N) is 2. The summed E-state index contributed by atoms with van der Waals surface area (Å²) >= 11 is 2.38. The van der Waals surface area contributed by atoms with Crippen LogP contribution < -0.4 is 4.90 Å². The zero-order valence-corrected chi connectivity index (χ0v) is 17.1. The highest BCUT2D eigenvalue weighted by Gasteiger charge is 2.52. The van der Waals surface area contributed by atoms with Crippen molar-refractivity contribution in [2.24, 2.45) is 4.99 Å². The van der Waals surface area contributed by atoms with Gasteiger partial charge in [0.25, 0.3) is 0 Å². The minimum absolute atomic E-state index is 0.233. The first-order valence-electron chi connectivity index (χ1n) is 8.90. The molecular weight excluding hydrogens is 439 g/mol. The predicted octanol–water partition coefficient (Wildman–Crippen LogP) is 4.36. The fourth-order valence-corrected chi connectivity index (χ4v) is 4.58. The Balaban J connectivity index is 1.82. The van der Waals surface area contributed by atoms with E-state index in [2.05, 4.69) is 47.7 Å². The van der Waals surface area contributed by atoms with E-state index in [1.807, 2.05) is 30.0 Å². The molecule has 0 amide bonds. The van der Waals surface area contributed by atoms with Gasteiger partial charge in [-0.05, 0) is 48.7 Å². The SMILES string of the molecule is CCc1cc(N2CC[C@@]3(O)C(=O)c4cc(C)ccc4N=C23)ccc1CI. The molecule has 5 heteroatoms. The molecule has 2 aromatic carbocycles. The zero-order valence-electron chi connectivity index (χ0n) is 14.9. The third-order valence-corrected chi connectivity index (χ3v) is 6.17. The maximum atomic E-state index is 13.0. The molecule has 0 spiro atoms. The molecule has 0 aromatic heterocycles. The molecule has 2 heterocycles. The number of anilines is 1. The number of alkyl halides is 1. The molecule has 1 saturated heterocycles. The number of halogens is 1. The van der Waals surface area contributed by atoms with Crippen molar-refractivity contribution in [2.75, 3.05) is 11.4 Å². The Bertz CT molecular complexity index is 938. The van der Waals surface area contributed by atoms with Crippen LogP contribution in [0.25, 0.3) is 0 Å². The first kappa shape index (κ1) is 17.7. The lowest BCUT2D eigenvalue weighted by molar-refractivity contribution is 0.0602. The van der Waals surface area contributed by atoms with E-state index in [4.69, 9.17) is 4.99 Å². The molecule has 0 saturated carbocycles. The van der Waals surface area contributed by atoms with Gasteiger partial charge >= 0.3 is 0 Å². The Morgan fingerprint density at radius 1 is 1.23 bits per heavy atom. The molecule has 2 aromatic rings. The monoisotopic (exact) mass is 460 g/mol. The Labute approximate surface area is 167 Å². The average Bonchev–Trinajstić information content (AvgIpc) is 3.00. The first-order valence-corrected chi connectivity index (χ1v) is 10.4. The van der Waals surface area contributed by atoms with Gasteiger partial charge in [0.2, 0.25) is 5.78 Å². The number of aliphatic hydroxyl groups is 1. The smallest absolute Gasteiger partial charge is 0.204 e. The average molecular weight is 460 g/mol. The van der Waals surface area contributed by atoms with Gasteiger partial charge in [-0.25, -0.2) is 4.99 Å². The lowest BCUT2D eigenvalue weighted by Crippen LogP contribution is -2.48. The van der Waals surface area contributed by atoms with E-state index in [0.717, 1.165) is 22.1 Å². The van der Waals surface area contributed by atoms with E-state index in [-0.39, 0.29) is 5.78 Å². The minimum atomic E-state index is -1.52. The molecule has 4 nitrogen and oxygen atoms in total. The van der Waals surface area contributed by atoms with Crippen molar-refractivity contribution >= 4 is 45.6 Å². The summed E-state index contributed by atoms with van der Waals surface area (Å²) < 4.78 is 0.970. The van der Waals surface area contributed by atoms with Crippen LogP contribution in [0.2, 0.25) is 0 Å². The van der Waals surface area contributed by atoms with Crippen LogP contribution in [0.4, 0.5) is 11.4 Å². The largest absolute Gasteiger partial charge is 0.374 e. The fraction of sp³-hybridized carbons (Fsp3) is 0.333. The number of hydrogen-bond acceptors (Lipinski definition) is 4. The molecule has 1 fully saturated rings. The number of hydrogen-bond donors (Lipinski definition) is 1. The summed E-state index contributed by atoms with van der Waals surface area (Å²) in [6.45, 7) is 4.68. The van der Waals surface area contributed by atoms with E-state index >= 15 is 0 Å². The van der Waals surface area contributed by atoms with Crippen molar-refractivity contribution in [1.82, 2.24) is 0 Å². The van der Waals surface area contributed by atoms with Crippen LogP contribution in [0.15, 0.2) is 41.4 Å². The van der Waals surface area contributed by atoms with Crippen molar-refractivity contribution in [3.63, 3.8) is 0 Å². The van der Waals surface area contributed by atoms with Crippen molar-refractivity contribution in [3.8, 4) is 0 Å². The van der Waals surface area contributed by atoms with Crippen LogP contribution in [0.3, 0.4) is 0 Å². The zero-order chi connectivity index (χ0) is 18.5. The molecule has 2 aliphatic rings. The third-order valence-electron chi connectivity index (χ3n) is 5.35. The third kappa shape index (κ3) is 2.60. The Kier molecular flexibility index (Phi) is 4.39. The molecule has 1 N–H and O–H groups in total. The molecule has 2 aliphatic heterocycles. The van der Waals surface area contributed by atoms with Gasteiger partial charge in [0, 0.05) is 28.6 Å². The van der Waals surface area contributed by atoms with Crippen LogP contribution in [-0.4, -0.2) is 28.9 Å². The topological polar surface area (TPSA) is 52.9 Å². The molecule has 0 radical (unpaired) electrons. The van der Waals surface area contributed by atoms with Crippen molar-refractivity contribution in [3.05, 3.63) is 58.7 Å². The van der Waals surface area contributed by atoms with Crippen LogP contribution in [0.5, 0.6) is 0 Å². The van der Waals surface area contributed by atoms with E-state index < -0.39 is 5.60 Å². The summed E-state index contributed by atoms with van der Waals surface area (Å²) in [6, 6.07) is 12.0. The molecule has 134 valence electrons. The summed E-state index contributed by atoms with van der Waals surface area (Å²) in [7, 11) is 0. The van der Waals surface area contributed by atoms with Crippen LogP contribution in [0.1, 0.15) is 40.4 Å². The number of amidine groups is 1. The first-order chi connectivity index (χ1) is 12.5. The van der Waals surface area contributed by atoms with Gasteiger partial charge in [0.1, 0.15) is 5.84 Å². The molecule has 1 atom stereocenters. The summed E-state index contributed by atoms with van der Waals surface area (Å²) in [6.07, 6.45) is 1.32. The van der Waals surface area contributed by atoms with Gasteiger partial charge in [-0.2, -0.15) is 0 Å². The van der Waals surface area contributed by atoms with Crippen LogP contribution >= 0.6 is 22.6 Å². The Hall–Kier alpha value is -1.73. The molecule has 0 aliphatic carbocycles. The minimum Gasteiger partial charge on any atom is -0.374 e. The van der Waals surface area contributed by atoms with Gasteiger partial charge in [-0.15, -0.1) is 0 Å². The maximum absolute atomic E-state index is 13.0. The quantitative estimate of drug-likeness (QED) is 0.547. The predicted molar refractivity (Wildman–Crippen MR) is 113 cm³/mol. The number of ketones is 1. The number of carbonyl (C=O) groups excluding carboxylic acids is 1. The molecule has 0 unspecified atom stereocenters. The van der Waals surface area contributed by atoms with Crippen molar-refractivity contribution in [2.45, 2.75) is 36.7 Å². The van der Waals surface area contributed by atoms with Gasteiger partial charge < -0.3 is 10.0 Å². The highest BCUT2D eigenvalue weighted by atomic mass is 127. The number of rotatable bonds is 3. The number of Topliss-reactive ketones (excluding diaryl/α,β-unsaturated/α-hetero) is 1. The van der Waals surface area contributed by atoms with E-state index in [9.17, 15) is 9.90 Å². The highest BCUT2D eigenvalue weighted by molar-refractivity contribution is 14.1. The second-order valence-electron chi connectivity index (χ2n) is 6.99. The highest BCUT2D eigenvalue weighted by Crippen LogP contribution is 2.40. The summed E-state index contributed by atoms with van der Waals surface area (Å²) in [5.41, 5.74) is 4.26. The number of benzene rings is 2. The van der Waals surface area contributed by atoms with Crippen LogP contribution in [-0.2, 0) is 10.8 Å². The van der Waals surface area contributed by atoms with E-state index in [1.54, 1.807) is 0 Å². The number of aliphatic imine (C=N–C) groups is 1. The lowest BCUT2D eigenvalue weighted by Gasteiger charge is -2.30. The maximum Gasteiger partial charge on any atom is 0.204 e. The van der Waals surface area contributed by atoms with Gasteiger partial charge in [-0.3, -0.25) is 4.79 Å². The van der Waals surface area contributed by atoms with Crippen molar-refractivity contribution in [1.29, 1.82) is 0 Å². The van der Waals surface area contributed by atoms with Crippen LogP contribution in [0, 0.1) is 6.92 Å². The lowest BCUT2D eigenvalue weighted by atomic mass is 9.87. The number of aryl methyl sites for hydroxylation is 2. The molecule has 26 heavy (non-hydrogen) atoms. The van der Waals surface area contributed by atoms with Gasteiger partial charge in [-0.1, -0.05) is 47.2 Å². The van der Waals surface area contributed by atoms with E-state index in [1.165, 1.54) is 11.1 Å². The molecule has 4 rings (SSSR count). The van der Waals surface area contributed by atoms with Gasteiger partial charge in [0.15, 0.2) is 5.60 Å². The standard InChI is InChI=1S/C21H21IN2O2/c1-3-14-11-16(6-5-15(14)12-22)24-9-8-21(26)19(25)17-10-13(2)4-7-18(17)23-20(21)24/h4-7,10-11,26H,3,8-9,12H2,1-2H3/t21-/m1/s1. The fourth-order valence-electron chi connectivity index (χ4n) is 3.84. The normalized spacial score (nSPS) is 21.5. The second-order valence-corrected chi connectivity index (χ2v) is 7.75. The number of carbonyl (C=O) groups is 1. The van der Waals surface area contributed by atoms with Gasteiger partial charge in [0.05, 0.1) is 5.69 Å². The summed E-state index contributed by atoms with van der Waals surface area (Å²) in [5.74, 6) is 0.228. The molecule has 0 bridgehead atoms.